The van der Waals surface area contributed by atoms with Crippen molar-refractivity contribution in [3.05, 3.63) is 46.1 Å². The van der Waals surface area contributed by atoms with Crippen molar-refractivity contribution < 1.29 is 14.0 Å². The van der Waals surface area contributed by atoms with Crippen molar-refractivity contribution in [2.75, 3.05) is 32.5 Å². The minimum atomic E-state index is -0.166. The van der Waals surface area contributed by atoms with Gasteiger partial charge in [0.2, 0.25) is 0 Å². The Morgan fingerprint density at radius 1 is 1.25 bits per heavy atom. The Balaban J connectivity index is 1.60. The van der Waals surface area contributed by atoms with E-state index >= 15 is 0 Å². The number of rotatable bonds is 3. The Kier molecular flexibility index (Phi) is 5.93. The van der Waals surface area contributed by atoms with Gasteiger partial charge in [0, 0.05) is 43.8 Å². The lowest BCUT2D eigenvalue weighted by atomic mass is 9.97. The monoisotopic (exact) mass is 404 g/mol. The number of urea groups is 1. The fourth-order valence-corrected chi connectivity index (χ4v) is 3.38. The summed E-state index contributed by atoms with van der Waals surface area (Å²) >= 11 is 6.12. The van der Waals surface area contributed by atoms with Gasteiger partial charge in [-0.3, -0.25) is 4.79 Å². The van der Waals surface area contributed by atoms with Crippen LogP contribution in [0.5, 0.6) is 0 Å². The number of nitrogens with one attached hydrogen (secondary N) is 1. The Hall–Kier alpha value is -2.54. The van der Waals surface area contributed by atoms with E-state index in [1.165, 1.54) is 4.90 Å². The van der Waals surface area contributed by atoms with Crippen molar-refractivity contribution >= 4 is 29.2 Å². The van der Waals surface area contributed by atoms with Crippen molar-refractivity contribution in [2.24, 2.45) is 0 Å². The zero-order valence-electron chi connectivity index (χ0n) is 16.6. The van der Waals surface area contributed by atoms with Crippen LogP contribution in [0.2, 0.25) is 5.02 Å². The average Bonchev–Trinajstić information content (AvgIpc) is 3.05. The first-order chi connectivity index (χ1) is 13.3. The van der Waals surface area contributed by atoms with Crippen molar-refractivity contribution in [3.8, 4) is 0 Å². The van der Waals surface area contributed by atoms with Gasteiger partial charge in [-0.2, -0.15) is 0 Å². The molecule has 1 saturated heterocycles. The highest BCUT2D eigenvalue weighted by atomic mass is 35.5. The van der Waals surface area contributed by atoms with Gasteiger partial charge in [-0.1, -0.05) is 17.7 Å². The molecule has 0 radical (unpaired) electrons. The molecule has 1 aliphatic heterocycles. The molecule has 0 saturated carbocycles. The van der Waals surface area contributed by atoms with Gasteiger partial charge in [-0.05, 0) is 44.4 Å². The molecule has 150 valence electrons. The van der Waals surface area contributed by atoms with Crippen LogP contribution in [0.1, 0.15) is 46.5 Å². The topological polar surface area (TPSA) is 78.7 Å². The number of halogens is 1. The van der Waals surface area contributed by atoms with E-state index in [0.717, 1.165) is 18.4 Å². The van der Waals surface area contributed by atoms with E-state index in [1.807, 2.05) is 19.1 Å². The third-order valence-corrected chi connectivity index (χ3v) is 5.38. The summed E-state index contributed by atoms with van der Waals surface area (Å²) in [6.45, 7) is 4.85. The summed E-state index contributed by atoms with van der Waals surface area (Å²) in [4.78, 5) is 32.3. The van der Waals surface area contributed by atoms with Gasteiger partial charge >= 0.3 is 6.03 Å². The summed E-state index contributed by atoms with van der Waals surface area (Å²) in [5.74, 6) is 1.04. The molecule has 2 aromatic rings. The largest absolute Gasteiger partial charge is 0.445 e. The van der Waals surface area contributed by atoms with E-state index in [9.17, 15) is 9.59 Å². The molecule has 1 N–H and O–H groups in total. The molecule has 0 aliphatic carbocycles. The predicted molar refractivity (Wildman–Crippen MR) is 108 cm³/mol. The summed E-state index contributed by atoms with van der Waals surface area (Å²) in [7, 11) is 3.38. The van der Waals surface area contributed by atoms with E-state index in [4.69, 9.17) is 16.0 Å². The smallest absolute Gasteiger partial charge is 0.321 e. The molecule has 8 heteroatoms. The lowest BCUT2D eigenvalue weighted by Gasteiger charge is -2.30. The minimum Gasteiger partial charge on any atom is -0.445 e. The number of likely N-dealkylation sites (tertiary alicyclic amines) is 1. The zero-order valence-corrected chi connectivity index (χ0v) is 17.3. The summed E-state index contributed by atoms with van der Waals surface area (Å²) in [6, 6.07) is 5.32. The zero-order chi connectivity index (χ0) is 20.4. The molecular weight excluding hydrogens is 380 g/mol. The standard InChI is InChI=1S/C20H25ClN4O3/c1-12-5-6-15(11-16(12)21)22-20(27)25-9-7-14(8-10-25)18-23-17(13(2)28-18)19(26)24(3)4/h5-6,11,14H,7-10H2,1-4H3,(H,22,27). The molecule has 3 amide bonds. The highest BCUT2D eigenvalue weighted by molar-refractivity contribution is 6.31. The molecule has 3 rings (SSSR count). The van der Waals surface area contributed by atoms with Gasteiger partial charge in [0.05, 0.1) is 0 Å². The van der Waals surface area contributed by atoms with Gasteiger partial charge < -0.3 is 19.5 Å². The first kappa shape index (κ1) is 20.2. The summed E-state index contributed by atoms with van der Waals surface area (Å²) < 4.78 is 5.75. The highest BCUT2D eigenvalue weighted by Crippen LogP contribution is 2.29. The molecule has 2 heterocycles. The second-order valence-electron chi connectivity index (χ2n) is 7.31. The number of carbonyl (C=O) groups is 2. The number of anilines is 1. The Labute approximate surface area is 169 Å². The van der Waals surface area contributed by atoms with E-state index in [0.29, 0.717) is 41.1 Å². The quantitative estimate of drug-likeness (QED) is 0.836. The minimum absolute atomic E-state index is 0.0975. The van der Waals surface area contributed by atoms with Crippen LogP contribution in [0.4, 0.5) is 10.5 Å². The second kappa shape index (κ2) is 8.22. The summed E-state index contributed by atoms with van der Waals surface area (Å²) in [5, 5.41) is 3.51. The highest BCUT2D eigenvalue weighted by Gasteiger charge is 2.29. The van der Waals surface area contributed by atoms with E-state index < -0.39 is 0 Å². The lowest BCUT2D eigenvalue weighted by Crippen LogP contribution is -2.40. The van der Waals surface area contributed by atoms with Crippen LogP contribution < -0.4 is 5.32 Å². The van der Waals surface area contributed by atoms with E-state index in [1.54, 1.807) is 32.0 Å². The van der Waals surface area contributed by atoms with Gasteiger partial charge in [-0.15, -0.1) is 0 Å². The molecule has 1 fully saturated rings. The van der Waals surface area contributed by atoms with Crippen molar-refractivity contribution in [3.63, 3.8) is 0 Å². The van der Waals surface area contributed by atoms with Crippen LogP contribution >= 0.6 is 11.6 Å². The number of amides is 3. The van der Waals surface area contributed by atoms with E-state index in [2.05, 4.69) is 10.3 Å². The van der Waals surface area contributed by atoms with Gasteiger partial charge in [0.1, 0.15) is 5.76 Å². The molecular formula is C20H25ClN4O3. The number of oxazole rings is 1. The molecule has 1 aromatic carbocycles. The number of hydrogen-bond donors (Lipinski definition) is 1. The first-order valence-electron chi connectivity index (χ1n) is 9.27. The predicted octanol–water partition coefficient (Wildman–Crippen LogP) is 4.06. The normalized spacial score (nSPS) is 14.8. The van der Waals surface area contributed by atoms with Crippen LogP contribution in [0, 0.1) is 13.8 Å². The van der Waals surface area contributed by atoms with E-state index in [-0.39, 0.29) is 17.9 Å². The maximum Gasteiger partial charge on any atom is 0.321 e. The van der Waals surface area contributed by atoms with Crippen molar-refractivity contribution in [1.82, 2.24) is 14.8 Å². The SMILES string of the molecule is Cc1ccc(NC(=O)N2CCC(c3nc(C(=O)N(C)C)c(C)o3)CC2)cc1Cl. The number of aromatic nitrogens is 1. The summed E-state index contributed by atoms with van der Waals surface area (Å²) in [6.07, 6.45) is 1.47. The Bertz CT molecular complexity index is 886. The number of benzene rings is 1. The van der Waals surface area contributed by atoms with Crippen LogP contribution in [0.15, 0.2) is 22.6 Å². The molecule has 0 bridgehead atoms. The van der Waals surface area contributed by atoms with Crippen molar-refractivity contribution in [1.29, 1.82) is 0 Å². The molecule has 0 unspecified atom stereocenters. The lowest BCUT2D eigenvalue weighted by molar-refractivity contribution is 0.0821. The first-order valence-corrected chi connectivity index (χ1v) is 9.65. The molecule has 7 nitrogen and oxygen atoms in total. The van der Waals surface area contributed by atoms with Gasteiger partial charge in [0.15, 0.2) is 11.6 Å². The number of nitrogens with zero attached hydrogens (tertiary/aromatic N) is 3. The molecule has 0 atom stereocenters. The molecule has 28 heavy (non-hydrogen) atoms. The molecule has 1 aromatic heterocycles. The average molecular weight is 405 g/mol. The third-order valence-electron chi connectivity index (χ3n) is 4.98. The van der Waals surface area contributed by atoms with Crippen LogP contribution in [-0.4, -0.2) is 53.9 Å². The number of piperidine rings is 1. The third kappa shape index (κ3) is 4.30. The Morgan fingerprint density at radius 2 is 1.93 bits per heavy atom. The van der Waals surface area contributed by atoms with Crippen LogP contribution in [0.3, 0.4) is 0 Å². The van der Waals surface area contributed by atoms with Gasteiger partial charge in [-0.25, -0.2) is 9.78 Å². The number of aryl methyl sites for hydroxylation is 2. The van der Waals surface area contributed by atoms with Crippen LogP contribution in [-0.2, 0) is 0 Å². The van der Waals surface area contributed by atoms with Crippen LogP contribution in [0.25, 0.3) is 0 Å². The molecule has 1 aliphatic rings. The summed E-state index contributed by atoms with van der Waals surface area (Å²) in [5.41, 5.74) is 2.00. The van der Waals surface area contributed by atoms with Gasteiger partial charge in [0.25, 0.3) is 5.91 Å². The number of hydrogen-bond acceptors (Lipinski definition) is 4. The maximum absolute atomic E-state index is 12.5. The van der Waals surface area contributed by atoms with Crippen molar-refractivity contribution in [2.45, 2.75) is 32.6 Å². The second-order valence-corrected chi connectivity index (χ2v) is 7.72. The fraction of sp³-hybridized carbons (Fsp3) is 0.450. The maximum atomic E-state index is 12.5. The number of carbonyl (C=O) groups excluding carboxylic acids is 2. The Morgan fingerprint density at radius 3 is 2.54 bits per heavy atom. The fourth-order valence-electron chi connectivity index (χ4n) is 3.20. The molecule has 0 spiro atoms.